The van der Waals surface area contributed by atoms with Crippen LogP contribution in [0.5, 0.6) is 0 Å². The number of hydrogen-bond donors (Lipinski definition) is 1. The van der Waals surface area contributed by atoms with Crippen molar-refractivity contribution in [1.29, 1.82) is 0 Å². The predicted octanol–water partition coefficient (Wildman–Crippen LogP) is 5.17. The molecule has 0 atom stereocenters. The van der Waals surface area contributed by atoms with Crippen molar-refractivity contribution in [3.05, 3.63) is 81.6 Å². The molecule has 32 heavy (non-hydrogen) atoms. The van der Waals surface area contributed by atoms with Crippen molar-refractivity contribution < 1.29 is 30.8 Å². The molecule has 1 aromatic heterocycles. The predicted molar refractivity (Wildman–Crippen MR) is 109 cm³/mol. The van der Waals surface area contributed by atoms with Gasteiger partial charge in [-0.15, -0.1) is 0 Å². The first-order chi connectivity index (χ1) is 14.9. The number of anilines is 1. The van der Waals surface area contributed by atoms with Crippen LogP contribution in [0.25, 0.3) is 0 Å². The second-order valence-corrected chi connectivity index (χ2v) is 8.67. The first kappa shape index (κ1) is 23.9. The maximum Gasteiger partial charge on any atom is 0.417 e. The van der Waals surface area contributed by atoms with E-state index in [0.29, 0.717) is 6.07 Å². The van der Waals surface area contributed by atoms with Gasteiger partial charge in [-0.1, -0.05) is 23.7 Å². The molecule has 0 aliphatic heterocycles. The molecule has 0 aliphatic rings. The monoisotopic (exact) mass is 507 g/mol. The third-order valence-corrected chi connectivity index (χ3v) is 6.19. The van der Waals surface area contributed by atoms with E-state index >= 15 is 0 Å². The molecule has 1 heterocycles. The quantitative estimate of drug-likeness (QED) is 0.282. The van der Waals surface area contributed by atoms with Gasteiger partial charge in [0.2, 0.25) is 5.28 Å². The highest BCUT2D eigenvalue weighted by Gasteiger charge is 2.39. The molecule has 0 bridgehead atoms. The summed E-state index contributed by atoms with van der Waals surface area (Å²) in [6.07, 6.45) is -4.12. The Kier molecular flexibility index (Phi) is 6.72. The van der Waals surface area contributed by atoms with Crippen molar-refractivity contribution in [2.75, 3.05) is 4.72 Å². The van der Waals surface area contributed by atoms with Crippen molar-refractivity contribution >= 4 is 44.7 Å². The average molecular weight is 508 g/mol. The summed E-state index contributed by atoms with van der Waals surface area (Å²) in [5.41, 5.74) is -2.57. The lowest BCUT2D eigenvalue weighted by Gasteiger charge is -2.16. The smallest absolute Gasteiger partial charge is 0.294 e. The molecule has 3 rings (SSSR count). The second-order valence-electron chi connectivity index (χ2n) is 6.30. The van der Waals surface area contributed by atoms with E-state index in [4.69, 9.17) is 23.2 Å². The van der Waals surface area contributed by atoms with Gasteiger partial charge in [-0.2, -0.15) is 13.2 Å². The highest BCUT2D eigenvalue weighted by molar-refractivity contribution is 7.93. The van der Waals surface area contributed by atoms with Crippen molar-refractivity contribution in [1.82, 2.24) is 9.97 Å². The zero-order valence-electron chi connectivity index (χ0n) is 15.6. The standard InChI is InChI=1S/C19H11Cl2F4N3O3S/c20-13-5-2-4-12(19(23,24)25)17(13)32(30,31)28-14-6-1-3-11(16(14)22)15(29)9-10-7-8-26-18(21)27-10/h1-8,28H,9H2. The number of carbonyl (C=O) groups excluding carboxylic acids is 1. The number of aromatic nitrogens is 2. The van der Waals surface area contributed by atoms with Gasteiger partial charge in [-0.25, -0.2) is 22.8 Å². The molecule has 0 saturated heterocycles. The molecule has 0 unspecified atom stereocenters. The van der Waals surface area contributed by atoms with E-state index in [-0.39, 0.29) is 17.4 Å². The molecule has 0 aliphatic carbocycles. The first-order valence-corrected chi connectivity index (χ1v) is 10.8. The van der Waals surface area contributed by atoms with Crippen LogP contribution in [0.15, 0.2) is 53.6 Å². The van der Waals surface area contributed by atoms with Crippen LogP contribution in [0, 0.1) is 5.82 Å². The van der Waals surface area contributed by atoms with Gasteiger partial charge in [-0.05, 0) is 41.9 Å². The lowest BCUT2D eigenvalue weighted by Crippen LogP contribution is -2.20. The summed E-state index contributed by atoms with van der Waals surface area (Å²) < 4.78 is 81.9. The Morgan fingerprint density at radius 1 is 1.06 bits per heavy atom. The molecule has 168 valence electrons. The van der Waals surface area contributed by atoms with Gasteiger partial charge in [0.05, 0.1) is 34.0 Å². The van der Waals surface area contributed by atoms with E-state index < -0.39 is 54.5 Å². The molecule has 0 fully saturated rings. The normalized spacial score (nSPS) is 11.9. The Balaban J connectivity index is 1.97. The van der Waals surface area contributed by atoms with Crippen LogP contribution >= 0.6 is 23.2 Å². The van der Waals surface area contributed by atoms with Gasteiger partial charge in [0.1, 0.15) is 4.90 Å². The molecule has 13 heteroatoms. The number of hydrogen-bond acceptors (Lipinski definition) is 5. The van der Waals surface area contributed by atoms with Crippen molar-refractivity contribution in [3.8, 4) is 0 Å². The van der Waals surface area contributed by atoms with Crippen LogP contribution < -0.4 is 4.72 Å². The Hall–Kier alpha value is -2.76. The fourth-order valence-corrected chi connectivity index (χ4v) is 4.75. The summed E-state index contributed by atoms with van der Waals surface area (Å²) in [4.78, 5) is 18.7. The van der Waals surface area contributed by atoms with Crippen LogP contribution in [0.4, 0.5) is 23.2 Å². The van der Waals surface area contributed by atoms with E-state index in [9.17, 15) is 30.8 Å². The summed E-state index contributed by atoms with van der Waals surface area (Å²) in [6.45, 7) is 0. The number of halogens is 6. The van der Waals surface area contributed by atoms with Gasteiger partial charge in [0, 0.05) is 6.20 Å². The van der Waals surface area contributed by atoms with Gasteiger partial charge in [0.25, 0.3) is 10.0 Å². The Morgan fingerprint density at radius 2 is 1.75 bits per heavy atom. The largest absolute Gasteiger partial charge is 0.417 e. The fraction of sp³-hybridized carbons (Fsp3) is 0.105. The number of nitrogens with zero attached hydrogens (tertiary/aromatic N) is 2. The van der Waals surface area contributed by atoms with E-state index in [0.717, 1.165) is 24.3 Å². The zero-order valence-corrected chi connectivity index (χ0v) is 17.9. The molecular formula is C19H11Cl2F4N3O3S. The van der Waals surface area contributed by atoms with Crippen LogP contribution in [-0.2, 0) is 22.6 Å². The van der Waals surface area contributed by atoms with Crippen LogP contribution in [-0.4, -0.2) is 24.2 Å². The number of Topliss-reactive ketones (excluding diaryl/α,β-unsaturated/α-hetero) is 1. The zero-order chi connectivity index (χ0) is 23.7. The number of nitrogens with one attached hydrogen (secondary N) is 1. The minimum atomic E-state index is -5.04. The molecule has 6 nitrogen and oxygen atoms in total. The minimum absolute atomic E-state index is 0.127. The molecule has 0 spiro atoms. The molecule has 3 aromatic rings. The van der Waals surface area contributed by atoms with Gasteiger partial charge >= 0.3 is 6.18 Å². The fourth-order valence-electron chi connectivity index (χ4n) is 2.75. The molecule has 0 amide bonds. The summed E-state index contributed by atoms with van der Waals surface area (Å²) in [6, 6.07) is 7.01. The molecule has 0 radical (unpaired) electrons. The number of ketones is 1. The van der Waals surface area contributed by atoms with Crippen LogP contribution in [0.2, 0.25) is 10.3 Å². The van der Waals surface area contributed by atoms with E-state index in [1.807, 2.05) is 0 Å². The van der Waals surface area contributed by atoms with Crippen molar-refractivity contribution in [2.24, 2.45) is 0 Å². The highest BCUT2D eigenvalue weighted by Crippen LogP contribution is 2.38. The third-order valence-electron chi connectivity index (χ3n) is 4.11. The SMILES string of the molecule is O=C(Cc1ccnc(Cl)n1)c1cccc(NS(=O)(=O)c2c(Cl)cccc2C(F)(F)F)c1F. The molecule has 2 aromatic carbocycles. The summed E-state index contributed by atoms with van der Waals surface area (Å²) in [5.74, 6) is -2.05. The molecule has 0 saturated carbocycles. The van der Waals surface area contributed by atoms with E-state index in [1.54, 1.807) is 4.72 Å². The van der Waals surface area contributed by atoms with Crippen LogP contribution in [0.3, 0.4) is 0 Å². The Labute approximate surface area is 189 Å². The number of alkyl halides is 3. The maximum absolute atomic E-state index is 14.9. The summed E-state index contributed by atoms with van der Waals surface area (Å²) in [5, 5.41) is -0.835. The van der Waals surface area contributed by atoms with Crippen molar-refractivity contribution in [2.45, 2.75) is 17.5 Å². The first-order valence-electron chi connectivity index (χ1n) is 8.58. The van der Waals surface area contributed by atoms with E-state index in [1.165, 1.54) is 18.3 Å². The van der Waals surface area contributed by atoms with Gasteiger partial charge in [0.15, 0.2) is 11.6 Å². The number of sulfonamides is 1. The Morgan fingerprint density at radius 3 is 2.41 bits per heavy atom. The van der Waals surface area contributed by atoms with Gasteiger partial charge in [-0.3, -0.25) is 9.52 Å². The lowest BCUT2D eigenvalue weighted by molar-refractivity contribution is -0.139. The highest BCUT2D eigenvalue weighted by atomic mass is 35.5. The summed E-state index contributed by atoms with van der Waals surface area (Å²) >= 11 is 11.4. The second kappa shape index (κ2) is 9.00. The number of rotatable bonds is 6. The minimum Gasteiger partial charge on any atom is -0.294 e. The van der Waals surface area contributed by atoms with Gasteiger partial charge < -0.3 is 0 Å². The number of benzene rings is 2. The third kappa shape index (κ3) is 5.17. The molecule has 1 N–H and O–H groups in total. The summed E-state index contributed by atoms with van der Waals surface area (Å²) in [7, 11) is -4.98. The maximum atomic E-state index is 14.9. The van der Waals surface area contributed by atoms with E-state index in [2.05, 4.69) is 9.97 Å². The van der Waals surface area contributed by atoms with Crippen LogP contribution in [0.1, 0.15) is 21.6 Å². The number of carbonyl (C=O) groups is 1. The topological polar surface area (TPSA) is 89.0 Å². The average Bonchev–Trinajstić information content (AvgIpc) is 2.68. The van der Waals surface area contributed by atoms with Crippen molar-refractivity contribution in [3.63, 3.8) is 0 Å². The Bertz CT molecular complexity index is 1300. The lowest BCUT2D eigenvalue weighted by atomic mass is 10.1. The molecular weight excluding hydrogens is 497 g/mol.